The predicted molar refractivity (Wildman–Crippen MR) is 83.1 cm³/mol. The van der Waals surface area contributed by atoms with Crippen molar-refractivity contribution in [2.24, 2.45) is 5.73 Å². The quantitative estimate of drug-likeness (QED) is 0.848. The second-order valence-electron chi connectivity index (χ2n) is 4.29. The molecule has 0 radical (unpaired) electrons. The normalized spacial score (nSPS) is 10.3. The molecular formula is C15H15FN2OS. The average molecular weight is 290 g/mol. The molecule has 0 unspecified atom stereocenters. The molecule has 0 atom stereocenters. The molecular weight excluding hydrogens is 275 g/mol. The highest BCUT2D eigenvalue weighted by Gasteiger charge is 2.13. The number of hydrogen-bond donors (Lipinski definition) is 2. The fraction of sp³-hybridized carbons (Fsp3) is 0.133. The van der Waals surface area contributed by atoms with Crippen molar-refractivity contribution < 1.29 is 9.50 Å². The van der Waals surface area contributed by atoms with E-state index in [0.29, 0.717) is 17.8 Å². The van der Waals surface area contributed by atoms with E-state index in [1.165, 1.54) is 6.07 Å². The minimum absolute atomic E-state index is 0.140. The molecule has 2 aromatic carbocycles. The monoisotopic (exact) mass is 290 g/mol. The molecule has 20 heavy (non-hydrogen) atoms. The van der Waals surface area contributed by atoms with Crippen LogP contribution >= 0.6 is 12.2 Å². The summed E-state index contributed by atoms with van der Waals surface area (Å²) in [6.45, 7) is 2.47. The van der Waals surface area contributed by atoms with Crippen LogP contribution in [0.15, 0.2) is 42.5 Å². The molecule has 0 aliphatic rings. The Balaban J connectivity index is 2.44. The number of hydrogen-bond acceptors (Lipinski definition) is 3. The summed E-state index contributed by atoms with van der Waals surface area (Å²) in [5.41, 5.74) is 7.12. The summed E-state index contributed by atoms with van der Waals surface area (Å²) in [5, 5.41) is 9.54. The molecule has 0 saturated heterocycles. The van der Waals surface area contributed by atoms with Crippen molar-refractivity contribution in [3.05, 3.63) is 53.8 Å². The van der Waals surface area contributed by atoms with Gasteiger partial charge >= 0.3 is 0 Å². The third-order valence-corrected chi connectivity index (χ3v) is 3.22. The van der Waals surface area contributed by atoms with Crippen LogP contribution in [0.2, 0.25) is 0 Å². The van der Waals surface area contributed by atoms with Gasteiger partial charge in [-0.25, -0.2) is 4.39 Å². The van der Waals surface area contributed by atoms with Gasteiger partial charge in [0.1, 0.15) is 16.6 Å². The van der Waals surface area contributed by atoms with Gasteiger partial charge in [-0.1, -0.05) is 18.3 Å². The molecule has 0 aliphatic carbocycles. The van der Waals surface area contributed by atoms with Crippen LogP contribution in [0.25, 0.3) is 0 Å². The Morgan fingerprint density at radius 2 is 2.05 bits per heavy atom. The van der Waals surface area contributed by atoms with Crippen molar-refractivity contribution in [1.29, 1.82) is 0 Å². The van der Waals surface area contributed by atoms with Crippen LogP contribution < -0.4 is 10.6 Å². The Morgan fingerprint density at radius 3 is 2.60 bits per heavy atom. The first-order valence-electron chi connectivity index (χ1n) is 6.19. The molecule has 3 N–H and O–H groups in total. The van der Waals surface area contributed by atoms with Crippen molar-refractivity contribution in [3.8, 4) is 5.75 Å². The third-order valence-electron chi connectivity index (χ3n) is 2.98. The number of phenols is 1. The van der Waals surface area contributed by atoms with Crippen LogP contribution in [-0.4, -0.2) is 16.6 Å². The fourth-order valence-electron chi connectivity index (χ4n) is 2.03. The highest BCUT2D eigenvalue weighted by molar-refractivity contribution is 7.80. The lowest BCUT2D eigenvalue weighted by atomic mass is 10.1. The van der Waals surface area contributed by atoms with E-state index in [0.717, 1.165) is 5.69 Å². The topological polar surface area (TPSA) is 49.5 Å². The molecule has 0 aliphatic heterocycles. The van der Waals surface area contributed by atoms with Crippen molar-refractivity contribution in [2.75, 3.05) is 11.4 Å². The number of phenolic OH excluding ortho intramolecular Hbond substituents is 1. The van der Waals surface area contributed by atoms with Gasteiger partial charge in [0.25, 0.3) is 0 Å². The molecule has 104 valence electrons. The number of benzene rings is 2. The zero-order chi connectivity index (χ0) is 14.7. The van der Waals surface area contributed by atoms with Crippen LogP contribution in [0.1, 0.15) is 12.5 Å². The van der Waals surface area contributed by atoms with E-state index in [1.807, 2.05) is 13.0 Å². The molecule has 2 aromatic rings. The fourth-order valence-corrected chi connectivity index (χ4v) is 2.16. The number of nitrogens with zero attached hydrogens (tertiary/aromatic N) is 1. The number of anilines is 2. The number of aromatic hydroxyl groups is 1. The minimum atomic E-state index is -0.402. The van der Waals surface area contributed by atoms with Crippen LogP contribution in [0.4, 0.5) is 15.8 Å². The lowest BCUT2D eigenvalue weighted by Crippen LogP contribution is -2.18. The first kappa shape index (κ1) is 14.3. The lowest BCUT2D eigenvalue weighted by molar-refractivity contribution is 0.475. The van der Waals surface area contributed by atoms with E-state index in [4.69, 9.17) is 18.0 Å². The van der Waals surface area contributed by atoms with Gasteiger partial charge in [-0.2, -0.15) is 0 Å². The van der Waals surface area contributed by atoms with Crippen LogP contribution in [-0.2, 0) is 0 Å². The molecule has 0 fully saturated rings. The van der Waals surface area contributed by atoms with Gasteiger partial charge in [-0.15, -0.1) is 0 Å². The van der Waals surface area contributed by atoms with Gasteiger partial charge < -0.3 is 15.7 Å². The van der Waals surface area contributed by atoms with E-state index in [2.05, 4.69) is 0 Å². The maximum Gasteiger partial charge on any atom is 0.147 e. The summed E-state index contributed by atoms with van der Waals surface area (Å²) in [4.78, 5) is 1.93. The standard InChI is InChI=1S/C15H15FN2OS/c1-2-18(11-4-3-5-12(19)9-11)14-7-6-10(15(17)20)8-13(14)16/h3-9,19H,2H2,1H3,(H2,17,20). The molecule has 0 heterocycles. The molecule has 0 spiro atoms. The van der Waals surface area contributed by atoms with Crippen molar-refractivity contribution in [3.63, 3.8) is 0 Å². The zero-order valence-corrected chi connectivity index (χ0v) is 11.8. The second-order valence-corrected chi connectivity index (χ2v) is 4.73. The largest absolute Gasteiger partial charge is 0.508 e. The molecule has 0 saturated carbocycles. The Kier molecular flexibility index (Phi) is 4.20. The maximum atomic E-state index is 14.2. The smallest absolute Gasteiger partial charge is 0.147 e. The van der Waals surface area contributed by atoms with Gasteiger partial charge in [-0.05, 0) is 37.3 Å². The Labute approximate surface area is 122 Å². The Morgan fingerprint density at radius 1 is 1.30 bits per heavy atom. The van der Waals surface area contributed by atoms with Crippen molar-refractivity contribution >= 4 is 28.6 Å². The summed E-state index contributed by atoms with van der Waals surface area (Å²) < 4.78 is 14.2. The van der Waals surface area contributed by atoms with Gasteiger partial charge in [-0.3, -0.25) is 0 Å². The number of nitrogens with two attached hydrogens (primary N) is 1. The summed E-state index contributed by atoms with van der Waals surface area (Å²) in [7, 11) is 0. The van der Waals surface area contributed by atoms with Crippen molar-refractivity contribution in [2.45, 2.75) is 6.92 Å². The maximum absolute atomic E-state index is 14.2. The molecule has 0 bridgehead atoms. The SMILES string of the molecule is CCN(c1cccc(O)c1)c1ccc(C(N)=S)cc1F. The molecule has 3 nitrogen and oxygen atoms in total. The molecule has 0 amide bonds. The summed E-state index contributed by atoms with van der Waals surface area (Å²) >= 11 is 4.83. The lowest BCUT2D eigenvalue weighted by Gasteiger charge is -2.24. The molecule has 5 heteroatoms. The van der Waals surface area contributed by atoms with Crippen LogP contribution in [0.5, 0.6) is 5.75 Å². The highest BCUT2D eigenvalue weighted by Crippen LogP contribution is 2.30. The highest BCUT2D eigenvalue weighted by atomic mass is 32.1. The predicted octanol–water partition coefficient (Wildman–Crippen LogP) is 3.32. The summed E-state index contributed by atoms with van der Waals surface area (Å²) in [6.07, 6.45) is 0. The number of thiocarbonyl (C=S) groups is 1. The first-order chi connectivity index (χ1) is 9.52. The van der Waals surface area contributed by atoms with E-state index < -0.39 is 5.82 Å². The summed E-state index contributed by atoms with van der Waals surface area (Å²) in [5.74, 6) is -0.262. The second kappa shape index (κ2) is 5.88. The van der Waals surface area contributed by atoms with Gasteiger partial charge in [0.05, 0.1) is 5.69 Å². The Bertz CT molecular complexity index is 646. The van der Waals surface area contributed by atoms with Crippen LogP contribution in [0, 0.1) is 5.82 Å². The van der Waals surface area contributed by atoms with E-state index in [9.17, 15) is 9.50 Å². The minimum Gasteiger partial charge on any atom is -0.508 e. The summed E-state index contributed by atoms with van der Waals surface area (Å²) in [6, 6.07) is 11.3. The third kappa shape index (κ3) is 2.88. The molecule has 2 rings (SSSR count). The van der Waals surface area contributed by atoms with E-state index in [1.54, 1.807) is 35.2 Å². The first-order valence-corrected chi connectivity index (χ1v) is 6.59. The van der Waals surface area contributed by atoms with Crippen LogP contribution in [0.3, 0.4) is 0 Å². The van der Waals surface area contributed by atoms with Gasteiger partial charge in [0, 0.05) is 23.9 Å². The number of halogens is 1. The average Bonchev–Trinajstić information content (AvgIpc) is 2.41. The Hall–Kier alpha value is -2.14. The van der Waals surface area contributed by atoms with Gasteiger partial charge in [0.2, 0.25) is 0 Å². The van der Waals surface area contributed by atoms with E-state index >= 15 is 0 Å². The van der Waals surface area contributed by atoms with E-state index in [-0.39, 0.29) is 10.7 Å². The van der Waals surface area contributed by atoms with Gasteiger partial charge in [0.15, 0.2) is 0 Å². The van der Waals surface area contributed by atoms with Crippen molar-refractivity contribution in [1.82, 2.24) is 0 Å². The number of rotatable bonds is 4. The molecule has 0 aromatic heterocycles. The zero-order valence-electron chi connectivity index (χ0n) is 11.0.